The lowest BCUT2D eigenvalue weighted by Crippen LogP contribution is -2.06. The molecule has 0 amide bonds. The van der Waals surface area contributed by atoms with Crippen molar-refractivity contribution in [1.29, 1.82) is 0 Å². The number of nitrogens with zero attached hydrogens (tertiary/aromatic N) is 2. The Morgan fingerprint density at radius 2 is 2.00 bits per heavy atom. The second-order valence-corrected chi connectivity index (χ2v) is 6.17. The number of hydrogen-bond donors (Lipinski definition) is 0. The minimum atomic E-state index is -0.745. The van der Waals surface area contributed by atoms with Gasteiger partial charge in [0.1, 0.15) is 0 Å². The number of nitro groups is 1. The van der Waals surface area contributed by atoms with Crippen molar-refractivity contribution in [3.63, 3.8) is 0 Å². The molecule has 3 rings (SSSR count). The third-order valence-corrected chi connectivity index (χ3v) is 4.09. The Kier molecular flexibility index (Phi) is 5.60. The monoisotopic (exact) mass is 416 g/mol. The minimum absolute atomic E-state index is 0.0372. The van der Waals surface area contributed by atoms with Gasteiger partial charge >= 0.3 is 11.9 Å². The molecule has 0 N–H and O–H groups in total. The lowest BCUT2D eigenvalue weighted by molar-refractivity contribution is -0.384. The molecule has 0 saturated carbocycles. The topological polar surface area (TPSA) is 117 Å². The first-order valence-corrected chi connectivity index (χ1v) is 8.49. The zero-order valence-electron chi connectivity index (χ0n) is 15.2. The van der Waals surface area contributed by atoms with Gasteiger partial charge in [-0.25, -0.2) is 9.79 Å². The van der Waals surface area contributed by atoms with Gasteiger partial charge in [0, 0.05) is 19.1 Å². The van der Waals surface area contributed by atoms with Gasteiger partial charge in [0.15, 0.2) is 17.2 Å². The predicted molar refractivity (Wildman–Crippen MR) is 103 cm³/mol. The van der Waals surface area contributed by atoms with E-state index in [4.69, 9.17) is 25.8 Å². The number of carbonyl (C=O) groups excluding carboxylic acids is 2. The quantitative estimate of drug-likeness (QED) is 0.240. The number of hydrogen-bond acceptors (Lipinski definition) is 8. The number of ether oxygens (including phenoxy) is 3. The van der Waals surface area contributed by atoms with Gasteiger partial charge in [-0.05, 0) is 29.8 Å². The molecule has 0 aliphatic carbocycles. The maximum absolute atomic E-state index is 12.2. The van der Waals surface area contributed by atoms with Crippen LogP contribution < -0.4 is 9.47 Å². The Morgan fingerprint density at radius 1 is 1.24 bits per heavy atom. The van der Waals surface area contributed by atoms with Crippen molar-refractivity contribution in [3.8, 4) is 11.5 Å². The van der Waals surface area contributed by atoms with Gasteiger partial charge in [0.2, 0.25) is 5.90 Å². The third-order valence-electron chi connectivity index (χ3n) is 3.76. The molecule has 0 saturated heterocycles. The molecule has 9 nitrogen and oxygen atoms in total. The number of aliphatic imine (C=N–C) groups is 1. The van der Waals surface area contributed by atoms with E-state index in [0.717, 1.165) is 0 Å². The number of halogens is 1. The summed E-state index contributed by atoms with van der Waals surface area (Å²) in [6, 6.07) is 8.38. The molecule has 0 radical (unpaired) electrons. The Balaban J connectivity index is 1.96. The fourth-order valence-corrected chi connectivity index (χ4v) is 2.68. The maximum atomic E-state index is 12.2. The highest BCUT2D eigenvalue weighted by molar-refractivity contribution is 6.34. The molecule has 0 bridgehead atoms. The van der Waals surface area contributed by atoms with E-state index in [1.807, 2.05) is 0 Å². The molecule has 0 aromatic heterocycles. The lowest BCUT2D eigenvalue weighted by Gasteiger charge is -2.08. The van der Waals surface area contributed by atoms with Crippen molar-refractivity contribution in [1.82, 2.24) is 0 Å². The normalized spacial score (nSPS) is 14.4. The molecular weight excluding hydrogens is 404 g/mol. The average Bonchev–Trinajstić information content (AvgIpc) is 3.02. The summed E-state index contributed by atoms with van der Waals surface area (Å²) in [5, 5.41) is 11.1. The number of benzene rings is 2. The smallest absolute Gasteiger partial charge is 0.363 e. The molecule has 0 atom stereocenters. The van der Waals surface area contributed by atoms with Crippen LogP contribution in [0.3, 0.4) is 0 Å². The molecular formula is C19H13ClN2O7. The van der Waals surface area contributed by atoms with E-state index in [1.54, 1.807) is 12.1 Å². The Morgan fingerprint density at radius 3 is 2.66 bits per heavy atom. The van der Waals surface area contributed by atoms with E-state index < -0.39 is 16.9 Å². The Bertz CT molecular complexity index is 1090. The number of esters is 2. The van der Waals surface area contributed by atoms with E-state index in [2.05, 4.69) is 4.99 Å². The second kappa shape index (κ2) is 8.11. The van der Waals surface area contributed by atoms with E-state index in [-0.39, 0.29) is 39.4 Å². The molecule has 0 fully saturated rings. The standard InChI is InChI=1S/C19H13ClN2O7/c1-10(23)28-16-6-3-11(8-17(16)27-2)7-15-19(24)29-18(21-15)13-9-12(22(25)26)4-5-14(13)20/h3-9H,1-2H3/b15-7+. The zero-order valence-corrected chi connectivity index (χ0v) is 15.9. The SMILES string of the molecule is COc1cc(/C=C2/N=C(c3cc([N+](=O)[O-])ccc3Cl)OC2=O)ccc1OC(C)=O. The largest absolute Gasteiger partial charge is 0.493 e. The summed E-state index contributed by atoms with van der Waals surface area (Å²) in [4.78, 5) is 37.8. The summed E-state index contributed by atoms with van der Waals surface area (Å²) < 4.78 is 15.3. The number of cyclic esters (lactones) is 1. The summed E-state index contributed by atoms with van der Waals surface area (Å²) in [5.74, 6) is -0.878. The van der Waals surface area contributed by atoms with Crippen molar-refractivity contribution in [2.45, 2.75) is 6.92 Å². The third kappa shape index (κ3) is 4.41. The molecule has 0 unspecified atom stereocenters. The van der Waals surface area contributed by atoms with Gasteiger partial charge in [-0.3, -0.25) is 14.9 Å². The highest BCUT2D eigenvalue weighted by atomic mass is 35.5. The molecule has 10 heteroatoms. The molecule has 0 spiro atoms. The van der Waals surface area contributed by atoms with Crippen LogP contribution in [0.2, 0.25) is 5.02 Å². The van der Waals surface area contributed by atoms with E-state index >= 15 is 0 Å². The summed E-state index contributed by atoms with van der Waals surface area (Å²) >= 11 is 6.06. The first kappa shape index (κ1) is 20.0. The maximum Gasteiger partial charge on any atom is 0.363 e. The number of methoxy groups -OCH3 is 1. The number of rotatable bonds is 5. The van der Waals surface area contributed by atoms with Gasteiger partial charge < -0.3 is 14.2 Å². The first-order valence-electron chi connectivity index (χ1n) is 8.12. The van der Waals surface area contributed by atoms with Crippen molar-refractivity contribution in [3.05, 3.63) is 68.4 Å². The fourth-order valence-electron chi connectivity index (χ4n) is 2.49. The number of nitro benzene ring substituents is 1. The van der Waals surface area contributed by atoms with Gasteiger partial charge in [0.05, 0.1) is 22.6 Å². The summed E-state index contributed by atoms with van der Waals surface area (Å²) in [6.45, 7) is 1.26. The summed E-state index contributed by atoms with van der Waals surface area (Å²) in [5.41, 5.74) is 0.400. The van der Waals surface area contributed by atoms with Gasteiger partial charge in [-0.1, -0.05) is 17.7 Å². The van der Waals surface area contributed by atoms with Crippen LogP contribution in [0.25, 0.3) is 6.08 Å². The van der Waals surface area contributed by atoms with Crippen LogP contribution in [0, 0.1) is 10.1 Å². The molecule has 2 aromatic carbocycles. The Hall–Kier alpha value is -3.72. The van der Waals surface area contributed by atoms with E-state index in [0.29, 0.717) is 5.56 Å². The highest BCUT2D eigenvalue weighted by Crippen LogP contribution is 2.31. The molecule has 148 valence electrons. The summed E-state index contributed by atoms with van der Waals surface area (Å²) in [6.07, 6.45) is 1.43. The average molecular weight is 417 g/mol. The van der Waals surface area contributed by atoms with Gasteiger partial charge in [-0.15, -0.1) is 0 Å². The highest BCUT2D eigenvalue weighted by Gasteiger charge is 2.27. The van der Waals surface area contributed by atoms with Crippen molar-refractivity contribution in [2.24, 2.45) is 4.99 Å². The van der Waals surface area contributed by atoms with Crippen LogP contribution >= 0.6 is 11.6 Å². The Labute approximate surface area is 169 Å². The minimum Gasteiger partial charge on any atom is -0.493 e. The van der Waals surface area contributed by atoms with Crippen LogP contribution in [-0.2, 0) is 14.3 Å². The van der Waals surface area contributed by atoms with Crippen LogP contribution in [0.15, 0.2) is 47.1 Å². The molecule has 29 heavy (non-hydrogen) atoms. The number of non-ortho nitro benzene ring substituents is 1. The van der Waals surface area contributed by atoms with Crippen LogP contribution in [-0.4, -0.2) is 29.9 Å². The fraction of sp³-hybridized carbons (Fsp3) is 0.105. The first-order chi connectivity index (χ1) is 13.8. The zero-order chi connectivity index (χ0) is 21.1. The summed E-state index contributed by atoms with van der Waals surface area (Å²) in [7, 11) is 1.41. The molecule has 1 aliphatic rings. The predicted octanol–water partition coefficient (Wildman–Crippen LogP) is 3.53. The van der Waals surface area contributed by atoms with Gasteiger partial charge in [-0.2, -0.15) is 0 Å². The van der Waals surface area contributed by atoms with Crippen LogP contribution in [0.4, 0.5) is 5.69 Å². The molecule has 1 heterocycles. The second-order valence-electron chi connectivity index (χ2n) is 5.76. The molecule has 1 aliphatic heterocycles. The number of carbonyl (C=O) groups is 2. The van der Waals surface area contributed by atoms with Crippen LogP contribution in [0.1, 0.15) is 18.1 Å². The van der Waals surface area contributed by atoms with Crippen molar-refractivity contribution in [2.75, 3.05) is 7.11 Å². The van der Waals surface area contributed by atoms with E-state index in [1.165, 1.54) is 44.4 Å². The molecule has 2 aromatic rings. The van der Waals surface area contributed by atoms with E-state index in [9.17, 15) is 19.7 Å². The lowest BCUT2D eigenvalue weighted by atomic mass is 10.1. The van der Waals surface area contributed by atoms with Crippen molar-refractivity contribution >= 4 is 41.2 Å². The van der Waals surface area contributed by atoms with Crippen molar-refractivity contribution < 1.29 is 28.7 Å². The van der Waals surface area contributed by atoms with Crippen LogP contribution in [0.5, 0.6) is 11.5 Å². The van der Waals surface area contributed by atoms with Gasteiger partial charge in [0.25, 0.3) is 5.69 Å².